The van der Waals surface area contributed by atoms with Gasteiger partial charge < -0.3 is 10.0 Å². The molecule has 1 rings (SSSR count). The first kappa shape index (κ1) is 16.1. The maximum absolute atomic E-state index is 12.1. The Morgan fingerprint density at radius 2 is 1.84 bits per heavy atom. The molecule has 0 saturated heterocycles. The average molecular weight is 322 g/mol. The van der Waals surface area contributed by atoms with E-state index in [4.69, 9.17) is 23.2 Å². The van der Waals surface area contributed by atoms with Crippen molar-refractivity contribution in [2.24, 2.45) is 0 Å². The molecule has 0 radical (unpaired) electrons. The Bertz CT molecular complexity index is 455. The first-order valence-corrected chi connectivity index (χ1v) is 7.00. The van der Waals surface area contributed by atoms with E-state index in [2.05, 4.69) is 23.4 Å². The predicted molar refractivity (Wildman–Crippen MR) is 76.3 cm³/mol. The molecule has 1 unspecified atom stereocenters. The molecule has 0 spiro atoms. The van der Waals surface area contributed by atoms with Crippen LogP contribution in [0.25, 0.3) is 0 Å². The molecule has 0 aliphatic rings. The molecule has 8 heteroatoms. The van der Waals surface area contributed by atoms with E-state index < -0.39 is 16.8 Å². The Morgan fingerprint density at radius 1 is 1.32 bits per heavy atom. The number of hydrogen-bond donors (Lipinski definition) is 1. The lowest BCUT2D eigenvalue weighted by Gasteiger charge is -2.21. The Hall–Kier alpha value is -0.950. The van der Waals surface area contributed by atoms with E-state index in [-0.39, 0.29) is 5.01 Å². The highest BCUT2D eigenvalue weighted by Crippen LogP contribution is 2.30. The van der Waals surface area contributed by atoms with Crippen molar-refractivity contribution >= 4 is 40.4 Å². The molecule has 0 aromatic carbocycles. The van der Waals surface area contributed by atoms with Gasteiger partial charge in [-0.05, 0) is 0 Å². The van der Waals surface area contributed by atoms with E-state index in [0.29, 0.717) is 18.1 Å². The highest BCUT2D eigenvalue weighted by molar-refractivity contribution is 7.12. The number of carbonyl (C=O) groups excluding carboxylic acids is 1. The Morgan fingerprint density at radius 3 is 2.26 bits per heavy atom. The van der Waals surface area contributed by atoms with Crippen LogP contribution in [0.5, 0.6) is 0 Å². The summed E-state index contributed by atoms with van der Waals surface area (Å²) in [6.45, 7) is 7.72. The summed E-state index contributed by atoms with van der Waals surface area (Å²) < 4.78 is 0. The molecule has 5 nitrogen and oxygen atoms in total. The molecule has 0 bridgehead atoms. The first-order chi connectivity index (χ1) is 9.01. The van der Waals surface area contributed by atoms with Gasteiger partial charge in [0.1, 0.15) is 0 Å². The van der Waals surface area contributed by atoms with Crippen molar-refractivity contribution in [2.45, 2.75) is 10.9 Å². The van der Waals surface area contributed by atoms with Crippen molar-refractivity contribution in [1.82, 2.24) is 15.1 Å². The fourth-order valence-electron chi connectivity index (χ4n) is 1.29. The minimum absolute atomic E-state index is 0.157. The van der Waals surface area contributed by atoms with E-state index in [1.807, 2.05) is 0 Å². The number of alkyl halides is 2. The number of carbonyl (C=O) groups is 1. The third-order valence-corrected chi connectivity index (χ3v) is 3.83. The van der Waals surface area contributed by atoms with Gasteiger partial charge in [0.25, 0.3) is 5.91 Å². The van der Waals surface area contributed by atoms with Crippen molar-refractivity contribution < 1.29 is 9.90 Å². The second-order valence-electron chi connectivity index (χ2n) is 3.50. The van der Waals surface area contributed by atoms with E-state index in [0.717, 1.165) is 11.3 Å². The zero-order chi connectivity index (χ0) is 14.4. The molecule has 104 valence electrons. The minimum Gasteiger partial charge on any atom is -0.376 e. The fourth-order valence-corrected chi connectivity index (χ4v) is 2.32. The molecule has 0 aliphatic carbocycles. The molecule has 0 saturated carbocycles. The average Bonchev–Trinajstić information content (AvgIpc) is 2.86. The van der Waals surface area contributed by atoms with Crippen LogP contribution in [0, 0.1) is 0 Å². The summed E-state index contributed by atoms with van der Waals surface area (Å²) in [6.07, 6.45) is 1.73. The summed E-state index contributed by atoms with van der Waals surface area (Å²) in [7, 11) is 0. The molecular formula is C11H13Cl2N3O2S. The van der Waals surface area contributed by atoms with E-state index in [1.54, 1.807) is 12.2 Å². The Labute approximate surface area is 125 Å². The lowest BCUT2D eigenvalue weighted by atomic mass is 10.3. The lowest BCUT2D eigenvalue weighted by molar-refractivity contribution is -0.139. The largest absolute Gasteiger partial charge is 0.376 e. The minimum atomic E-state index is -1.39. The van der Waals surface area contributed by atoms with Gasteiger partial charge in [0.05, 0.1) is 0 Å². The molecule has 19 heavy (non-hydrogen) atoms. The molecule has 1 atom stereocenters. The second-order valence-corrected chi connectivity index (χ2v) is 5.64. The number of amides is 1. The van der Waals surface area contributed by atoms with Crippen molar-refractivity contribution in [3.8, 4) is 0 Å². The van der Waals surface area contributed by atoms with Crippen LogP contribution < -0.4 is 0 Å². The van der Waals surface area contributed by atoms with Gasteiger partial charge in [-0.2, -0.15) is 0 Å². The number of halogens is 2. The summed E-state index contributed by atoms with van der Waals surface area (Å²) in [6, 6.07) is 0. The van der Waals surface area contributed by atoms with Crippen LogP contribution in [0.3, 0.4) is 0 Å². The van der Waals surface area contributed by atoms with Crippen LogP contribution in [0.15, 0.2) is 25.3 Å². The molecular weight excluding hydrogens is 309 g/mol. The van der Waals surface area contributed by atoms with Crippen molar-refractivity contribution in [1.29, 1.82) is 0 Å². The van der Waals surface area contributed by atoms with Gasteiger partial charge in [-0.25, -0.2) is 0 Å². The maximum Gasteiger partial charge on any atom is 0.259 e. The SMILES string of the molecule is C=CCN(CC=C)C(=O)C(O)c1nnc(C(Cl)Cl)s1. The van der Waals surface area contributed by atoms with Gasteiger partial charge in [-0.15, -0.1) is 23.4 Å². The van der Waals surface area contributed by atoms with Crippen LogP contribution in [-0.2, 0) is 4.79 Å². The third-order valence-electron chi connectivity index (χ3n) is 2.12. The summed E-state index contributed by atoms with van der Waals surface area (Å²) in [5, 5.41) is 17.9. The smallest absolute Gasteiger partial charge is 0.259 e. The first-order valence-electron chi connectivity index (χ1n) is 5.31. The van der Waals surface area contributed by atoms with Gasteiger partial charge in [-0.3, -0.25) is 4.79 Å². The van der Waals surface area contributed by atoms with Crippen molar-refractivity contribution in [3.05, 3.63) is 35.3 Å². The summed E-state index contributed by atoms with van der Waals surface area (Å²) in [5.41, 5.74) is 0. The molecule has 1 amide bonds. The van der Waals surface area contributed by atoms with Crippen molar-refractivity contribution in [2.75, 3.05) is 13.1 Å². The number of rotatable bonds is 7. The molecule has 1 aromatic heterocycles. The van der Waals surface area contributed by atoms with Crippen LogP contribution in [0.1, 0.15) is 21.0 Å². The third kappa shape index (κ3) is 4.28. The molecule has 0 aliphatic heterocycles. The van der Waals surface area contributed by atoms with Crippen LogP contribution in [-0.4, -0.2) is 39.2 Å². The van der Waals surface area contributed by atoms with E-state index >= 15 is 0 Å². The monoisotopic (exact) mass is 321 g/mol. The number of aliphatic hydroxyl groups excluding tert-OH is 1. The number of aliphatic hydroxyl groups is 1. The number of aromatic nitrogens is 2. The highest BCUT2D eigenvalue weighted by atomic mass is 35.5. The van der Waals surface area contributed by atoms with Crippen LogP contribution in [0.2, 0.25) is 0 Å². The van der Waals surface area contributed by atoms with Gasteiger partial charge in [0.2, 0.25) is 0 Å². The van der Waals surface area contributed by atoms with Gasteiger partial charge >= 0.3 is 0 Å². The fraction of sp³-hybridized carbons (Fsp3) is 0.364. The topological polar surface area (TPSA) is 66.3 Å². The number of hydrogen-bond acceptors (Lipinski definition) is 5. The molecule has 1 heterocycles. The normalized spacial score (nSPS) is 12.2. The molecule has 1 N–H and O–H groups in total. The quantitative estimate of drug-likeness (QED) is 0.618. The van der Waals surface area contributed by atoms with Crippen LogP contribution >= 0.6 is 34.5 Å². The van der Waals surface area contributed by atoms with Gasteiger partial charge in [0, 0.05) is 13.1 Å². The lowest BCUT2D eigenvalue weighted by Crippen LogP contribution is -2.35. The van der Waals surface area contributed by atoms with Crippen molar-refractivity contribution in [3.63, 3.8) is 0 Å². The Kier molecular flexibility index (Phi) is 6.44. The summed E-state index contributed by atoms with van der Waals surface area (Å²) in [5.74, 6) is -0.497. The predicted octanol–water partition coefficient (Wildman–Crippen LogP) is 2.25. The summed E-state index contributed by atoms with van der Waals surface area (Å²) in [4.78, 5) is 12.6. The standard InChI is InChI=1S/C11H13Cl2N3O2S/c1-3-5-16(6-4-2)11(18)7(17)9-14-15-10(19-9)8(12)13/h3-4,7-8,17H,1-2,5-6H2. The van der Waals surface area contributed by atoms with Gasteiger partial charge in [-0.1, -0.05) is 46.7 Å². The second kappa shape index (κ2) is 7.59. The molecule has 1 aromatic rings. The van der Waals surface area contributed by atoms with Gasteiger partial charge in [0.15, 0.2) is 21.0 Å². The zero-order valence-corrected chi connectivity index (χ0v) is 12.3. The number of nitrogens with zero attached hydrogens (tertiary/aromatic N) is 3. The van der Waals surface area contributed by atoms with E-state index in [9.17, 15) is 9.90 Å². The Balaban J connectivity index is 2.83. The van der Waals surface area contributed by atoms with E-state index in [1.165, 1.54) is 4.90 Å². The maximum atomic E-state index is 12.1. The zero-order valence-electron chi connectivity index (χ0n) is 10.00. The highest BCUT2D eigenvalue weighted by Gasteiger charge is 2.26. The van der Waals surface area contributed by atoms with Crippen LogP contribution in [0.4, 0.5) is 0 Å². The summed E-state index contributed by atoms with van der Waals surface area (Å²) >= 11 is 12.3. The molecule has 0 fully saturated rings.